The number of aliphatic hydroxyl groups is 1. The molecule has 0 aliphatic heterocycles. The first-order valence-electron chi connectivity index (χ1n) is 8.58. The van der Waals surface area contributed by atoms with E-state index in [2.05, 4.69) is 5.32 Å². The summed E-state index contributed by atoms with van der Waals surface area (Å²) in [5.74, 6) is 2.15. The molecule has 1 unspecified atom stereocenters. The van der Waals surface area contributed by atoms with Crippen molar-refractivity contribution in [3.63, 3.8) is 0 Å². The molecule has 0 aliphatic carbocycles. The largest absolute Gasteiger partial charge is 0.467 e. The van der Waals surface area contributed by atoms with Gasteiger partial charge in [0.1, 0.15) is 11.6 Å². The van der Waals surface area contributed by atoms with Gasteiger partial charge < -0.3 is 14.8 Å². The van der Waals surface area contributed by atoms with Crippen LogP contribution in [0.4, 0.5) is 5.82 Å². The van der Waals surface area contributed by atoms with Crippen LogP contribution in [0.25, 0.3) is 22.3 Å². The molecule has 0 radical (unpaired) electrons. The Kier molecular flexibility index (Phi) is 4.62. The smallest absolute Gasteiger partial charge is 0.162 e. The molecule has 0 fully saturated rings. The molecular formula is C21H19N3O2. The van der Waals surface area contributed by atoms with Crippen molar-refractivity contribution >= 4 is 16.7 Å². The van der Waals surface area contributed by atoms with E-state index < -0.39 is 0 Å². The highest BCUT2D eigenvalue weighted by molar-refractivity contribution is 5.90. The van der Waals surface area contributed by atoms with Crippen molar-refractivity contribution in [3.05, 3.63) is 78.8 Å². The molecule has 0 spiro atoms. The molecule has 2 heterocycles. The number of benzene rings is 2. The third kappa shape index (κ3) is 3.30. The van der Waals surface area contributed by atoms with Crippen molar-refractivity contribution in [3.8, 4) is 11.4 Å². The molecule has 2 N–H and O–H groups in total. The lowest BCUT2D eigenvalue weighted by Crippen LogP contribution is -2.13. The Hall–Kier alpha value is -3.18. The zero-order valence-electron chi connectivity index (χ0n) is 14.2. The van der Waals surface area contributed by atoms with Gasteiger partial charge in [0, 0.05) is 17.6 Å². The molecule has 2 aromatic carbocycles. The van der Waals surface area contributed by atoms with Gasteiger partial charge in [-0.2, -0.15) is 0 Å². The Bertz CT molecular complexity index is 985. The van der Waals surface area contributed by atoms with E-state index in [9.17, 15) is 5.11 Å². The van der Waals surface area contributed by atoms with E-state index in [1.54, 1.807) is 6.26 Å². The minimum absolute atomic E-state index is 0.0485. The third-order valence-corrected chi connectivity index (χ3v) is 4.25. The van der Waals surface area contributed by atoms with Gasteiger partial charge in [0.05, 0.1) is 17.8 Å². The maximum absolute atomic E-state index is 9.44. The average molecular weight is 345 g/mol. The summed E-state index contributed by atoms with van der Waals surface area (Å²) in [7, 11) is 0. The van der Waals surface area contributed by atoms with Crippen LogP contribution in [0.2, 0.25) is 0 Å². The van der Waals surface area contributed by atoms with Gasteiger partial charge in [-0.15, -0.1) is 0 Å². The zero-order chi connectivity index (χ0) is 17.8. The molecule has 0 bridgehead atoms. The molecule has 4 aromatic rings. The Balaban J connectivity index is 1.80. The number of nitrogens with one attached hydrogen (secondary N) is 1. The molecule has 5 nitrogen and oxygen atoms in total. The van der Waals surface area contributed by atoms with Gasteiger partial charge in [-0.25, -0.2) is 9.97 Å². The van der Waals surface area contributed by atoms with E-state index in [0.717, 1.165) is 28.0 Å². The summed E-state index contributed by atoms with van der Waals surface area (Å²) in [5, 5.41) is 13.8. The zero-order valence-corrected chi connectivity index (χ0v) is 14.2. The van der Waals surface area contributed by atoms with Crippen LogP contribution in [-0.2, 0) is 0 Å². The maximum atomic E-state index is 9.44. The number of rotatable bonds is 6. The van der Waals surface area contributed by atoms with Crippen molar-refractivity contribution in [1.82, 2.24) is 9.97 Å². The molecule has 130 valence electrons. The van der Waals surface area contributed by atoms with Gasteiger partial charge >= 0.3 is 0 Å². The van der Waals surface area contributed by atoms with Crippen LogP contribution in [0.15, 0.2) is 77.4 Å². The molecule has 4 rings (SSSR count). The normalized spacial score (nSPS) is 12.2. The van der Waals surface area contributed by atoms with E-state index in [-0.39, 0.29) is 12.6 Å². The monoisotopic (exact) mass is 345 g/mol. The number of aromatic nitrogens is 2. The number of hydrogen-bond acceptors (Lipinski definition) is 5. The number of furan rings is 1. The van der Waals surface area contributed by atoms with Crippen LogP contribution >= 0.6 is 0 Å². The van der Waals surface area contributed by atoms with Gasteiger partial charge in [-0.1, -0.05) is 42.5 Å². The third-order valence-electron chi connectivity index (χ3n) is 4.25. The fourth-order valence-corrected chi connectivity index (χ4v) is 2.97. The number of aliphatic hydroxyl groups excluding tert-OH is 1. The molecule has 0 aliphatic rings. The number of para-hydroxylation sites is 1. The second-order valence-corrected chi connectivity index (χ2v) is 6.00. The molecule has 0 saturated carbocycles. The van der Waals surface area contributed by atoms with E-state index >= 15 is 0 Å². The molecule has 0 saturated heterocycles. The molecule has 1 atom stereocenters. The summed E-state index contributed by atoms with van der Waals surface area (Å²) >= 11 is 0. The lowest BCUT2D eigenvalue weighted by Gasteiger charge is -2.18. The van der Waals surface area contributed by atoms with E-state index in [0.29, 0.717) is 12.2 Å². The topological polar surface area (TPSA) is 71.2 Å². The van der Waals surface area contributed by atoms with Crippen LogP contribution in [0.3, 0.4) is 0 Å². The predicted octanol–water partition coefficient (Wildman–Crippen LogP) is 4.43. The quantitative estimate of drug-likeness (QED) is 0.541. The van der Waals surface area contributed by atoms with E-state index in [1.165, 1.54) is 0 Å². The highest BCUT2D eigenvalue weighted by Gasteiger charge is 2.17. The highest BCUT2D eigenvalue weighted by atomic mass is 16.3. The SMILES string of the molecule is OCCC(Nc1nc(-c2ccccc2)nc2ccccc12)c1ccco1. The van der Waals surface area contributed by atoms with Crippen molar-refractivity contribution in [2.75, 3.05) is 11.9 Å². The molecule has 0 amide bonds. The minimum atomic E-state index is -0.170. The summed E-state index contributed by atoms with van der Waals surface area (Å²) in [5.41, 5.74) is 1.82. The number of hydrogen-bond donors (Lipinski definition) is 2. The van der Waals surface area contributed by atoms with Gasteiger partial charge in [0.2, 0.25) is 0 Å². The Morgan fingerprint density at radius 3 is 2.50 bits per heavy atom. The maximum Gasteiger partial charge on any atom is 0.162 e. The number of nitrogens with zero attached hydrogens (tertiary/aromatic N) is 2. The standard InChI is InChI=1S/C21H19N3O2/c25-13-12-18(19-11-6-14-26-19)23-21-16-9-4-5-10-17(16)22-20(24-21)15-7-2-1-3-8-15/h1-11,14,18,25H,12-13H2,(H,22,23,24). The fourth-order valence-electron chi connectivity index (χ4n) is 2.97. The van der Waals surface area contributed by atoms with E-state index in [1.807, 2.05) is 66.7 Å². The highest BCUT2D eigenvalue weighted by Crippen LogP contribution is 2.29. The summed E-state index contributed by atoms with van der Waals surface area (Å²) in [6.45, 7) is 0.0485. The summed E-state index contributed by atoms with van der Waals surface area (Å²) < 4.78 is 5.53. The molecule has 5 heteroatoms. The van der Waals surface area contributed by atoms with Crippen molar-refractivity contribution < 1.29 is 9.52 Å². The van der Waals surface area contributed by atoms with Gasteiger partial charge in [-0.3, -0.25) is 0 Å². The lowest BCUT2D eigenvalue weighted by atomic mass is 10.1. The van der Waals surface area contributed by atoms with Gasteiger partial charge in [0.25, 0.3) is 0 Å². The van der Waals surface area contributed by atoms with E-state index in [4.69, 9.17) is 14.4 Å². The Morgan fingerprint density at radius 1 is 0.923 bits per heavy atom. The first kappa shape index (κ1) is 16.3. The Labute approximate surface area is 151 Å². The number of fused-ring (bicyclic) bond motifs is 1. The van der Waals surface area contributed by atoms with Crippen LogP contribution in [-0.4, -0.2) is 21.7 Å². The predicted molar refractivity (Wildman–Crippen MR) is 102 cm³/mol. The van der Waals surface area contributed by atoms with Crippen molar-refractivity contribution in [2.45, 2.75) is 12.5 Å². The van der Waals surface area contributed by atoms with Crippen molar-refractivity contribution in [2.24, 2.45) is 0 Å². The van der Waals surface area contributed by atoms with Crippen LogP contribution < -0.4 is 5.32 Å². The fraction of sp³-hybridized carbons (Fsp3) is 0.143. The second kappa shape index (κ2) is 7.37. The van der Waals surface area contributed by atoms with Crippen LogP contribution in [0, 0.1) is 0 Å². The lowest BCUT2D eigenvalue weighted by molar-refractivity contribution is 0.273. The van der Waals surface area contributed by atoms with Crippen LogP contribution in [0.5, 0.6) is 0 Å². The number of anilines is 1. The minimum Gasteiger partial charge on any atom is -0.467 e. The molecular weight excluding hydrogens is 326 g/mol. The molecule has 26 heavy (non-hydrogen) atoms. The van der Waals surface area contributed by atoms with Crippen LogP contribution in [0.1, 0.15) is 18.2 Å². The summed E-state index contributed by atoms with van der Waals surface area (Å²) in [4.78, 5) is 9.46. The Morgan fingerprint density at radius 2 is 1.73 bits per heavy atom. The first-order chi connectivity index (χ1) is 12.8. The second-order valence-electron chi connectivity index (χ2n) is 6.00. The first-order valence-corrected chi connectivity index (χ1v) is 8.58. The van der Waals surface area contributed by atoms with Crippen molar-refractivity contribution in [1.29, 1.82) is 0 Å². The summed E-state index contributed by atoms with van der Waals surface area (Å²) in [6.07, 6.45) is 2.15. The van der Waals surface area contributed by atoms with Gasteiger partial charge in [-0.05, 0) is 30.7 Å². The molecule has 2 aromatic heterocycles. The van der Waals surface area contributed by atoms with Gasteiger partial charge in [0.15, 0.2) is 5.82 Å². The summed E-state index contributed by atoms with van der Waals surface area (Å²) in [6, 6.07) is 21.4. The average Bonchev–Trinajstić information content (AvgIpc) is 3.23.